The molecular weight excluding hydrogens is 805 g/mol. The number of allylic oxidation sites excluding steroid dienone is 4. The molecule has 0 saturated heterocycles. The van der Waals surface area contributed by atoms with Crippen LogP contribution in [0, 0.1) is 0 Å². The standard InChI is InChI=1S/C59H110O6/c1-4-7-10-13-16-19-21-23-25-27-29-31-33-35-37-40-43-46-49-52-58(61)64-55-56(54-63-57(60)51-48-45-42-39-18-15-12-9-6-3)65-59(62)53-50-47-44-41-38-36-34-32-30-28-26-24-22-20-17-14-11-8-5-2/h27-30,56H,4-26,31-55H2,1-3H3/b29-27-,30-28-. The summed E-state index contributed by atoms with van der Waals surface area (Å²) in [5.74, 6) is -0.865. The third kappa shape index (κ3) is 52.7. The molecule has 0 aromatic heterocycles. The van der Waals surface area contributed by atoms with Crippen LogP contribution in [0.5, 0.6) is 0 Å². The molecule has 0 aliphatic heterocycles. The van der Waals surface area contributed by atoms with Crippen molar-refractivity contribution >= 4 is 17.9 Å². The van der Waals surface area contributed by atoms with Crippen molar-refractivity contribution in [2.24, 2.45) is 0 Å². The summed E-state index contributed by atoms with van der Waals surface area (Å²) in [6.45, 7) is 6.65. The van der Waals surface area contributed by atoms with Crippen molar-refractivity contribution in [2.45, 2.75) is 322 Å². The zero-order chi connectivity index (χ0) is 47.2. The zero-order valence-electron chi connectivity index (χ0n) is 43.8. The lowest BCUT2D eigenvalue weighted by molar-refractivity contribution is -0.167. The van der Waals surface area contributed by atoms with Crippen molar-refractivity contribution in [2.75, 3.05) is 13.2 Å². The third-order valence-corrected chi connectivity index (χ3v) is 12.9. The molecule has 65 heavy (non-hydrogen) atoms. The van der Waals surface area contributed by atoms with Gasteiger partial charge in [0.2, 0.25) is 0 Å². The van der Waals surface area contributed by atoms with Crippen LogP contribution in [-0.4, -0.2) is 37.2 Å². The fourth-order valence-electron chi connectivity index (χ4n) is 8.55. The highest BCUT2D eigenvalue weighted by Crippen LogP contribution is 2.16. The molecule has 0 rings (SSSR count). The Morgan fingerprint density at radius 2 is 0.508 bits per heavy atom. The highest BCUT2D eigenvalue weighted by atomic mass is 16.6. The Kier molecular flexibility index (Phi) is 52.7. The Labute approximate surface area is 404 Å². The first kappa shape index (κ1) is 62.9. The van der Waals surface area contributed by atoms with E-state index in [-0.39, 0.29) is 31.1 Å². The van der Waals surface area contributed by atoms with Gasteiger partial charge in [-0.05, 0) is 70.6 Å². The van der Waals surface area contributed by atoms with E-state index < -0.39 is 6.10 Å². The van der Waals surface area contributed by atoms with Crippen molar-refractivity contribution in [1.82, 2.24) is 0 Å². The maximum atomic E-state index is 12.8. The van der Waals surface area contributed by atoms with Crippen LogP contribution in [0.15, 0.2) is 24.3 Å². The second-order valence-corrected chi connectivity index (χ2v) is 19.6. The van der Waals surface area contributed by atoms with Gasteiger partial charge in [0, 0.05) is 19.3 Å². The Bertz CT molecular complexity index is 1050. The summed E-state index contributed by atoms with van der Waals surface area (Å²) in [5, 5.41) is 0. The largest absolute Gasteiger partial charge is 0.462 e. The highest BCUT2D eigenvalue weighted by molar-refractivity contribution is 5.71. The van der Waals surface area contributed by atoms with Gasteiger partial charge in [-0.3, -0.25) is 14.4 Å². The lowest BCUT2D eigenvalue weighted by Crippen LogP contribution is -2.30. The van der Waals surface area contributed by atoms with Crippen molar-refractivity contribution in [3.8, 4) is 0 Å². The van der Waals surface area contributed by atoms with Crippen LogP contribution in [-0.2, 0) is 28.6 Å². The molecule has 0 fully saturated rings. The number of unbranched alkanes of at least 4 members (excludes halogenated alkanes) is 38. The second kappa shape index (κ2) is 54.5. The molecule has 382 valence electrons. The fraction of sp³-hybridized carbons (Fsp3) is 0.881. The summed E-state index contributed by atoms with van der Waals surface area (Å²) >= 11 is 0. The van der Waals surface area contributed by atoms with E-state index in [9.17, 15) is 14.4 Å². The Morgan fingerprint density at radius 1 is 0.292 bits per heavy atom. The maximum absolute atomic E-state index is 12.8. The Hall–Kier alpha value is -2.11. The molecule has 0 spiro atoms. The molecule has 0 bridgehead atoms. The van der Waals surface area contributed by atoms with E-state index in [0.717, 1.165) is 57.8 Å². The first-order valence-corrected chi connectivity index (χ1v) is 28.8. The van der Waals surface area contributed by atoms with Gasteiger partial charge >= 0.3 is 17.9 Å². The molecule has 0 amide bonds. The zero-order valence-corrected chi connectivity index (χ0v) is 43.8. The van der Waals surface area contributed by atoms with Crippen molar-refractivity contribution < 1.29 is 28.6 Å². The van der Waals surface area contributed by atoms with Crippen LogP contribution < -0.4 is 0 Å². The number of rotatable bonds is 53. The van der Waals surface area contributed by atoms with Crippen molar-refractivity contribution in [3.63, 3.8) is 0 Å². The minimum absolute atomic E-state index is 0.0707. The molecule has 1 unspecified atom stereocenters. The van der Waals surface area contributed by atoms with Gasteiger partial charge in [-0.2, -0.15) is 0 Å². The van der Waals surface area contributed by atoms with Gasteiger partial charge in [-0.1, -0.05) is 251 Å². The average Bonchev–Trinajstić information content (AvgIpc) is 3.30. The second-order valence-electron chi connectivity index (χ2n) is 19.6. The van der Waals surface area contributed by atoms with E-state index >= 15 is 0 Å². The summed E-state index contributed by atoms with van der Waals surface area (Å²) in [7, 11) is 0. The van der Waals surface area contributed by atoms with Gasteiger partial charge in [0.05, 0.1) is 0 Å². The fourth-order valence-corrected chi connectivity index (χ4v) is 8.55. The van der Waals surface area contributed by atoms with Gasteiger partial charge in [-0.15, -0.1) is 0 Å². The number of esters is 3. The maximum Gasteiger partial charge on any atom is 0.306 e. The van der Waals surface area contributed by atoms with Crippen LogP contribution >= 0.6 is 0 Å². The molecule has 0 aromatic rings. The van der Waals surface area contributed by atoms with Gasteiger partial charge in [0.1, 0.15) is 13.2 Å². The predicted molar refractivity (Wildman–Crippen MR) is 279 cm³/mol. The number of carbonyl (C=O) groups is 3. The smallest absolute Gasteiger partial charge is 0.306 e. The predicted octanol–water partition coefficient (Wildman–Crippen LogP) is 19.1. The van der Waals surface area contributed by atoms with E-state index in [1.807, 2.05) is 0 Å². The molecule has 0 aliphatic carbocycles. The van der Waals surface area contributed by atoms with Gasteiger partial charge < -0.3 is 14.2 Å². The number of ether oxygens (including phenoxy) is 3. The van der Waals surface area contributed by atoms with E-state index in [4.69, 9.17) is 14.2 Å². The van der Waals surface area contributed by atoms with Gasteiger partial charge in [0.25, 0.3) is 0 Å². The van der Waals surface area contributed by atoms with Gasteiger partial charge in [0.15, 0.2) is 6.10 Å². The monoisotopic (exact) mass is 915 g/mol. The molecule has 0 N–H and O–H groups in total. The summed E-state index contributed by atoms with van der Waals surface area (Å²) in [6.07, 6.45) is 63.2. The van der Waals surface area contributed by atoms with Crippen LogP contribution in [0.25, 0.3) is 0 Å². The van der Waals surface area contributed by atoms with Crippen molar-refractivity contribution in [3.05, 3.63) is 24.3 Å². The highest BCUT2D eigenvalue weighted by Gasteiger charge is 2.19. The SMILES string of the molecule is CCCCCCCCCC/C=C\CCCCCCCCCC(=O)OCC(COC(=O)CCCCCCCCCCC)OC(=O)CCCCCCCCC/C=C\CCCCCCCCCC. The Morgan fingerprint density at radius 3 is 0.769 bits per heavy atom. The molecule has 0 heterocycles. The minimum atomic E-state index is -0.771. The van der Waals surface area contributed by atoms with E-state index in [1.54, 1.807) is 0 Å². The summed E-state index contributed by atoms with van der Waals surface area (Å²) in [4.78, 5) is 38.0. The quantitative estimate of drug-likeness (QED) is 0.0262. The molecule has 0 aromatic carbocycles. The number of hydrogen-bond donors (Lipinski definition) is 0. The van der Waals surface area contributed by atoms with Crippen molar-refractivity contribution in [1.29, 1.82) is 0 Å². The molecule has 0 aliphatic rings. The van der Waals surface area contributed by atoms with Gasteiger partial charge in [-0.25, -0.2) is 0 Å². The van der Waals surface area contributed by atoms with Crippen LogP contribution in [0.3, 0.4) is 0 Å². The van der Waals surface area contributed by atoms with Crippen LogP contribution in [0.1, 0.15) is 316 Å². The topological polar surface area (TPSA) is 78.9 Å². The molecule has 0 radical (unpaired) electrons. The van der Waals surface area contributed by atoms with Crippen LogP contribution in [0.2, 0.25) is 0 Å². The van der Waals surface area contributed by atoms with E-state index in [1.165, 1.54) is 218 Å². The molecular formula is C59H110O6. The van der Waals surface area contributed by atoms with E-state index in [2.05, 4.69) is 45.1 Å². The lowest BCUT2D eigenvalue weighted by Gasteiger charge is -2.18. The summed E-state index contributed by atoms with van der Waals surface area (Å²) < 4.78 is 16.8. The number of hydrogen-bond acceptors (Lipinski definition) is 6. The lowest BCUT2D eigenvalue weighted by atomic mass is 10.1. The molecule has 6 heteroatoms. The third-order valence-electron chi connectivity index (χ3n) is 12.9. The first-order chi connectivity index (χ1) is 32.0. The average molecular weight is 916 g/mol. The molecule has 0 saturated carbocycles. The van der Waals surface area contributed by atoms with Crippen LogP contribution in [0.4, 0.5) is 0 Å². The normalized spacial score (nSPS) is 12.1. The summed E-state index contributed by atoms with van der Waals surface area (Å²) in [5.41, 5.74) is 0. The first-order valence-electron chi connectivity index (χ1n) is 28.8. The van der Waals surface area contributed by atoms with E-state index in [0.29, 0.717) is 19.3 Å². The number of carbonyl (C=O) groups excluding carboxylic acids is 3. The summed E-state index contributed by atoms with van der Waals surface area (Å²) in [6, 6.07) is 0. The minimum Gasteiger partial charge on any atom is -0.462 e. The Balaban J connectivity index is 4.25. The molecule has 6 nitrogen and oxygen atoms in total. The molecule has 1 atom stereocenters.